The molecular weight excluding hydrogens is 363 g/mol. The highest BCUT2D eigenvalue weighted by Crippen LogP contribution is 2.08. The van der Waals surface area contributed by atoms with Crippen molar-refractivity contribution in [2.24, 2.45) is 5.92 Å². The van der Waals surface area contributed by atoms with Crippen molar-refractivity contribution in [3.8, 4) is 0 Å². The van der Waals surface area contributed by atoms with Gasteiger partial charge in [-0.05, 0) is 54.3 Å². The average Bonchev–Trinajstić information content (AvgIpc) is 2.66. The molecule has 7 heteroatoms. The highest BCUT2D eigenvalue weighted by atomic mass is 19.1. The molecular formula is C21H23FN2O4. The Morgan fingerprint density at radius 1 is 0.964 bits per heavy atom. The Balaban J connectivity index is 1.90. The molecule has 0 saturated carbocycles. The molecule has 3 N–H and O–H groups in total. The van der Waals surface area contributed by atoms with Crippen LogP contribution in [-0.4, -0.2) is 35.5 Å². The molecule has 2 rings (SSSR count). The van der Waals surface area contributed by atoms with E-state index in [1.165, 1.54) is 36.4 Å². The number of halogens is 1. The predicted molar refractivity (Wildman–Crippen MR) is 103 cm³/mol. The monoisotopic (exact) mass is 386 g/mol. The second kappa shape index (κ2) is 9.64. The van der Waals surface area contributed by atoms with Crippen LogP contribution in [0.5, 0.6) is 0 Å². The van der Waals surface area contributed by atoms with Crippen LogP contribution in [0.15, 0.2) is 48.5 Å². The minimum atomic E-state index is -0.989. The lowest BCUT2D eigenvalue weighted by atomic mass is 10.0. The first kappa shape index (κ1) is 21.1. The maximum atomic E-state index is 13.0. The van der Waals surface area contributed by atoms with Gasteiger partial charge in [0.2, 0.25) is 5.91 Å². The van der Waals surface area contributed by atoms with E-state index >= 15 is 0 Å². The molecule has 2 aromatic carbocycles. The topological polar surface area (TPSA) is 95.5 Å². The van der Waals surface area contributed by atoms with E-state index in [0.717, 1.165) is 5.56 Å². The molecule has 28 heavy (non-hydrogen) atoms. The number of hydrogen-bond acceptors (Lipinski definition) is 3. The van der Waals surface area contributed by atoms with Gasteiger partial charge in [-0.1, -0.05) is 26.0 Å². The van der Waals surface area contributed by atoms with Crippen LogP contribution in [0.2, 0.25) is 0 Å². The van der Waals surface area contributed by atoms with Gasteiger partial charge in [0.25, 0.3) is 5.91 Å². The highest BCUT2D eigenvalue weighted by Gasteiger charge is 2.24. The maximum Gasteiger partial charge on any atom is 0.335 e. The van der Waals surface area contributed by atoms with E-state index in [-0.39, 0.29) is 23.0 Å². The van der Waals surface area contributed by atoms with Gasteiger partial charge in [-0.2, -0.15) is 0 Å². The summed E-state index contributed by atoms with van der Waals surface area (Å²) in [4.78, 5) is 35.6. The fourth-order valence-corrected chi connectivity index (χ4v) is 2.61. The van der Waals surface area contributed by atoms with Crippen molar-refractivity contribution in [2.75, 3.05) is 6.54 Å². The van der Waals surface area contributed by atoms with E-state index in [0.29, 0.717) is 13.0 Å². The number of amides is 2. The molecule has 0 bridgehead atoms. The zero-order chi connectivity index (χ0) is 20.7. The number of hydrogen-bond donors (Lipinski definition) is 3. The van der Waals surface area contributed by atoms with Crippen LogP contribution < -0.4 is 10.6 Å². The summed E-state index contributed by atoms with van der Waals surface area (Å²) >= 11 is 0. The van der Waals surface area contributed by atoms with E-state index in [1.807, 2.05) is 13.8 Å². The van der Waals surface area contributed by atoms with E-state index in [9.17, 15) is 18.8 Å². The van der Waals surface area contributed by atoms with Crippen LogP contribution in [0.4, 0.5) is 4.39 Å². The Bertz CT molecular complexity index is 832. The van der Waals surface area contributed by atoms with Gasteiger partial charge >= 0.3 is 5.97 Å². The lowest BCUT2D eigenvalue weighted by Crippen LogP contribution is -2.50. The van der Waals surface area contributed by atoms with Crippen LogP contribution in [0.1, 0.15) is 40.1 Å². The van der Waals surface area contributed by atoms with Crippen molar-refractivity contribution in [2.45, 2.75) is 26.3 Å². The van der Waals surface area contributed by atoms with Crippen molar-refractivity contribution in [1.29, 1.82) is 0 Å². The zero-order valence-corrected chi connectivity index (χ0v) is 15.7. The standard InChI is InChI=1S/C21H23FN2O4/c1-13(2)18(24-19(25)15-7-9-17(22)10-8-15)20(26)23-12-11-14-3-5-16(6-4-14)21(27)28/h3-10,13,18H,11-12H2,1-2H3,(H,23,26)(H,24,25)(H,27,28). The summed E-state index contributed by atoms with van der Waals surface area (Å²) in [5, 5.41) is 14.4. The molecule has 0 aliphatic carbocycles. The summed E-state index contributed by atoms with van der Waals surface area (Å²) in [5.74, 6) is -2.33. The Kier molecular flexibility index (Phi) is 7.26. The molecule has 148 valence electrons. The first-order chi connectivity index (χ1) is 13.3. The first-order valence-corrected chi connectivity index (χ1v) is 8.94. The van der Waals surface area contributed by atoms with Crippen molar-refractivity contribution < 1.29 is 23.9 Å². The molecule has 2 aromatic rings. The Morgan fingerprint density at radius 2 is 1.54 bits per heavy atom. The first-order valence-electron chi connectivity index (χ1n) is 8.94. The third-order valence-electron chi connectivity index (χ3n) is 4.26. The number of carboxylic acids is 1. The largest absolute Gasteiger partial charge is 0.478 e. The van der Waals surface area contributed by atoms with Gasteiger partial charge in [0.05, 0.1) is 5.56 Å². The minimum Gasteiger partial charge on any atom is -0.478 e. The number of carbonyl (C=O) groups is 3. The van der Waals surface area contributed by atoms with Crippen LogP contribution >= 0.6 is 0 Å². The predicted octanol–water partition coefficient (Wildman–Crippen LogP) is 2.64. The summed E-state index contributed by atoms with van der Waals surface area (Å²) in [5.41, 5.74) is 1.37. The van der Waals surface area contributed by atoms with Gasteiger partial charge in [-0.25, -0.2) is 9.18 Å². The lowest BCUT2D eigenvalue weighted by molar-refractivity contribution is -0.123. The maximum absolute atomic E-state index is 13.0. The molecule has 6 nitrogen and oxygen atoms in total. The Labute approximate surface area is 162 Å². The van der Waals surface area contributed by atoms with E-state index in [4.69, 9.17) is 5.11 Å². The second-order valence-electron chi connectivity index (χ2n) is 6.75. The molecule has 0 aliphatic heterocycles. The summed E-state index contributed by atoms with van der Waals surface area (Å²) < 4.78 is 13.0. The van der Waals surface area contributed by atoms with Gasteiger partial charge in [0.15, 0.2) is 0 Å². The fourth-order valence-electron chi connectivity index (χ4n) is 2.61. The smallest absolute Gasteiger partial charge is 0.335 e. The number of rotatable bonds is 8. The summed E-state index contributed by atoms with van der Waals surface area (Å²) in [7, 11) is 0. The molecule has 2 amide bonds. The fraction of sp³-hybridized carbons (Fsp3) is 0.286. The molecule has 1 atom stereocenters. The molecule has 0 spiro atoms. The average molecular weight is 386 g/mol. The van der Waals surface area contributed by atoms with Crippen molar-refractivity contribution in [3.05, 3.63) is 71.0 Å². The summed E-state index contributed by atoms with van der Waals surface area (Å²) in [6.45, 7) is 3.99. The van der Waals surface area contributed by atoms with Crippen LogP contribution in [0.25, 0.3) is 0 Å². The third kappa shape index (κ3) is 5.90. The molecule has 0 radical (unpaired) electrons. The minimum absolute atomic E-state index is 0.140. The molecule has 0 saturated heterocycles. The SMILES string of the molecule is CC(C)C(NC(=O)c1ccc(F)cc1)C(=O)NCCc1ccc(C(=O)O)cc1. The number of carboxylic acid groups (broad SMARTS) is 1. The van der Waals surface area contributed by atoms with Crippen LogP contribution in [-0.2, 0) is 11.2 Å². The van der Waals surface area contributed by atoms with Gasteiger partial charge in [-0.15, -0.1) is 0 Å². The molecule has 0 aliphatic rings. The normalized spacial score (nSPS) is 11.7. The molecule has 0 heterocycles. The van der Waals surface area contributed by atoms with Crippen molar-refractivity contribution in [1.82, 2.24) is 10.6 Å². The zero-order valence-electron chi connectivity index (χ0n) is 15.7. The molecule has 1 unspecified atom stereocenters. The molecule has 0 aromatic heterocycles. The summed E-state index contributed by atoms with van der Waals surface area (Å²) in [6, 6.07) is 10.8. The van der Waals surface area contributed by atoms with Gasteiger partial charge in [-0.3, -0.25) is 9.59 Å². The molecule has 0 fully saturated rings. The third-order valence-corrected chi connectivity index (χ3v) is 4.26. The van der Waals surface area contributed by atoms with E-state index in [2.05, 4.69) is 10.6 Å². The lowest BCUT2D eigenvalue weighted by Gasteiger charge is -2.21. The van der Waals surface area contributed by atoms with Gasteiger partial charge < -0.3 is 15.7 Å². The summed E-state index contributed by atoms with van der Waals surface area (Å²) in [6.07, 6.45) is 0.530. The Hall–Kier alpha value is -3.22. The highest BCUT2D eigenvalue weighted by molar-refractivity contribution is 5.97. The Morgan fingerprint density at radius 3 is 2.07 bits per heavy atom. The van der Waals surface area contributed by atoms with E-state index in [1.54, 1.807) is 12.1 Å². The number of aromatic carboxylic acids is 1. The number of benzene rings is 2. The van der Waals surface area contributed by atoms with Crippen molar-refractivity contribution >= 4 is 17.8 Å². The second-order valence-corrected chi connectivity index (χ2v) is 6.75. The van der Waals surface area contributed by atoms with Crippen LogP contribution in [0.3, 0.4) is 0 Å². The van der Waals surface area contributed by atoms with Gasteiger partial charge in [0, 0.05) is 12.1 Å². The van der Waals surface area contributed by atoms with E-state index < -0.39 is 23.7 Å². The quantitative estimate of drug-likeness (QED) is 0.650. The van der Waals surface area contributed by atoms with Crippen molar-refractivity contribution in [3.63, 3.8) is 0 Å². The van der Waals surface area contributed by atoms with Crippen LogP contribution in [0, 0.1) is 11.7 Å². The van der Waals surface area contributed by atoms with Gasteiger partial charge in [0.1, 0.15) is 11.9 Å². The number of nitrogens with one attached hydrogen (secondary N) is 2. The number of carbonyl (C=O) groups excluding carboxylic acids is 2.